The summed E-state index contributed by atoms with van der Waals surface area (Å²) in [5, 5.41) is 13.9. The van der Waals surface area contributed by atoms with Crippen molar-refractivity contribution in [1.82, 2.24) is 26.2 Å². The van der Waals surface area contributed by atoms with Gasteiger partial charge in [-0.15, -0.1) is 11.3 Å². The zero-order valence-corrected chi connectivity index (χ0v) is 32.8. The Bertz CT molecular complexity index is 1480. The Kier molecular flexibility index (Phi) is 13.0. The topological polar surface area (TPSA) is 154 Å². The second kappa shape index (κ2) is 17.5. The summed E-state index contributed by atoms with van der Waals surface area (Å²) in [6.07, 6.45) is 14.5. The molecule has 1 aromatic heterocycles. The highest BCUT2D eigenvalue weighted by Crippen LogP contribution is 2.42. The fraction of sp³-hybridized carbons (Fsp3) is 0.756. The summed E-state index contributed by atoms with van der Waals surface area (Å²) in [5.41, 5.74) is -0.539. The predicted molar refractivity (Wildman–Crippen MR) is 204 cm³/mol. The summed E-state index contributed by atoms with van der Waals surface area (Å²) < 4.78 is 0. The maximum absolute atomic E-state index is 15.1. The minimum Gasteiger partial charge on any atom is -0.347 e. The molecule has 1 aromatic rings. The molecule has 292 valence electrons. The summed E-state index contributed by atoms with van der Waals surface area (Å²) in [7, 11) is 0. The number of carbonyl (C=O) groups excluding carboxylic acids is 6. The molecule has 5 atom stereocenters. The van der Waals surface area contributed by atoms with Crippen LogP contribution in [0.25, 0.3) is 0 Å². The lowest BCUT2D eigenvalue weighted by Crippen LogP contribution is -2.63. The standard InChI is InChI=1S/C41H61N5O6S/c1-25(2)23-28-18-21-46(33(28)38(50)43-30(24-26-14-15-26)34(47)39(51)42-29-16-17-29)40(52)35(41(3)19-8-5-9-20-41)45-37(49)32(27-11-6-4-7-12-27)44-36(48)31-13-10-22-53-31/h10,13,22,25-30,32-33,35H,4-9,11-12,14-21,23-24H2,1-3H3,(H,42,51)(H,43,50)(H,44,48)(H,45,49)/t28-,30?,32+,33+,35-/m1/s1. The van der Waals surface area contributed by atoms with Gasteiger partial charge in [0.05, 0.1) is 10.9 Å². The molecular weight excluding hydrogens is 691 g/mol. The predicted octanol–water partition coefficient (Wildman–Crippen LogP) is 5.28. The van der Waals surface area contributed by atoms with Gasteiger partial charge in [0.2, 0.25) is 23.5 Å². The lowest BCUT2D eigenvalue weighted by molar-refractivity contribution is -0.147. The van der Waals surface area contributed by atoms with Gasteiger partial charge in [-0.1, -0.05) is 78.2 Å². The Morgan fingerprint density at radius 2 is 1.55 bits per heavy atom. The lowest BCUT2D eigenvalue weighted by Gasteiger charge is -2.43. The van der Waals surface area contributed by atoms with Crippen LogP contribution in [0.4, 0.5) is 0 Å². The summed E-state index contributed by atoms with van der Waals surface area (Å²) in [6.45, 7) is 6.64. The maximum atomic E-state index is 15.1. The third-order valence-electron chi connectivity index (χ3n) is 12.5. The fourth-order valence-electron chi connectivity index (χ4n) is 9.19. The molecule has 1 saturated heterocycles. The zero-order valence-electron chi connectivity index (χ0n) is 32.0. The van der Waals surface area contributed by atoms with Gasteiger partial charge in [0.25, 0.3) is 11.8 Å². The monoisotopic (exact) mass is 751 g/mol. The molecule has 53 heavy (non-hydrogen) atoms. The van der Waals surface area contributed by atoms with E-state index in [1.54, 1.807) is 11.0 Å². The van der Waals surface area contributed by atoms with Gasteiger partial charge in [-0.3, -0.25) is 28.8 Å². The van der Waals surface area contributed by atoms with Crippen molar-refractivity contribution in [2.45, 2.75) is 160 Å². The largest absolute Gasteiger partial charge is 0.347 e. The first kappa shape index (κ1) is 39.4. The number of hydrogen-bond acceptors (Lipinski definition) is 7. The highest BCUT2D eigenvalue weighted by Gasteiger charge is 2.50. The molecule has 5 amide bonds. The number of nitrogens with zero attached hydrogens (tertiary/aromatic N) is 1. The number of carbonyl (C=O) groups is 6. The number of thiophene rings is 1. The van der Waals surface area contributed by atoms with E-state index in [-0.39, 0.29) is 47.4 Å². The van der Waals surface area contributed by atoms with Gasteiger partial charge in [0, 0.05) is 12.6 Å². The Morgan fingerprint density at radius 3 is 2.17 bits per heavy atom. The molecule has 0 radical (unpaired) electrons. The SMILES string of the molecule is CC(C)C[C@H]1CCN(C(=O)[C@@H](NC(=O)[C@@H](NC(=O)c2cccs2)C2CCCCC2)C2(C)CCCCC2)[C@@H]1C(=O)NC(CC1CC1)C(=O)C(=O)NC1CC1. The van der Waals surface area contributed by atoms with Crippen LogP contribution in [0.2, 0.25) is 0 Å². The van der Waals surface area contributed by atoms with E-state index in [1.807, 2.05) is 11.4 Å². The van der Waals surface area contributed by atoms with Gasteiger partial charge < -0.3 is 26.2 Å². The van der Waals surface area contributed by atoms with Gasteiger partial charge in [-0.2, -0.15) is 0 Å². The Morgan fingerprint density at radius 1 is 0.849 bits per heavy atom. The number of rotatable bonds is 16. The van der Waals surface area contributed by atoms with Gasteiger partial charge in [-0.25, -0.2) is 0 Å². The first-order chi connectivity index (χ1) is 25.4. The smallest absolute Gasteiger partial charge is 0.289 e. The van der Waals surface area contributed by atoms with E-state index in [9.17, 15) is 24.0 Å². The molecule has 11 nitrogen and oxygen atoms in total. The Balaban J connectivity index is 1.26. The molecule has 2 heterocycles. The molecule has 5 fully saturated rings. The second-order valence-corrected chi connectivity index (χ2v) is 18.4. The van der Waals surface area contributed by atoms with E-state index in [1.165, 1.54) is 11.3 Å². The minimum absolute atomic E-state index is 0.0251. The van der Waals surface area contributed by atoms with Crippen molar-refractivity contribution in [2.24, 2.45) is 29.1 Å². The molecule has 4 aliphatic carbocycles. The molecule has 1 unspecified atom stereocenters. The van der Waals surface area contributed by atoms with E-state index in [0.29, 0.717) is 24.3 Å². The molecule has 4 saturated carbocycles. The lowest BCUT2D eigenvalue weighted by atomic mass is 9.69. The number of hydrogen-bond donors (Lipinski definition) is 4. The summed E-state index contributed by atoms with van der Waals surface area (Å²) in [5.74, 6) is -2.20. The summed E-state index contributed by atoms with van der Waals surface area (Å²) in [4.78, 5) is 85.9. The fourth-order valence-corrected chi connectivity index (χ4v) is 9.82. The van der Waals surface area contributed by atoms with Crippen LogP contribution in [0, 0.1) is 29.1 Å². The Labute approximate surface area is 318 Å². The van der Waals surface area contributed by atoms with Crippen molar-refractivity contribution in [3.63, 3.8) is 0 Å². The van der Waals surface area contributed by atoms with Crippen LogP contribution in [-0.4, -0.2) is 77.0 Å². The van der Waals surface area contributed by atoms with E-state index < -0.39 is 47.2 Å². The van der Waals surface area contributed by atoms with E-state index in [0.717, 1.165) is 96.3 Å². The van der Waals surface area contributed by atoms with Crippen molar-refractivity contribution in [2.75, 3.05) is 6.54 Å². The van der Waals surface area contributed by atoms with Crippen molar-refractivity contribution in [3.8, 4) is 0 Å². The van der Waals surface area contributed by atoms with Crippen LogP contribution in [0.5, 0.6) is 0 Å². The Hall–Kier alpha value is -3.28. The van der Waals surface area contributed by atoms with Gasteiger partial charge in [0.1, 0.15) is 18.1 Å². The van der Waals surface area contributed by atoms with Crippen LogP contribution in [0.15, 0.2) is 17.5 Å². The molecule has 5 aliphatic rings. The minimum atomic E-state index is -0.944. The van der Waals surface area contributed by atoms with Crippen molar-refractivity contribution < 1.29 is 28.8 Å². The normalized spacial score (nSPS) is 24.9. The van der Waals surface area contributed by atoms with E-state index in [2.05, 4.69) is 42.0 Å². The first-order valence-corrected chi connectivity index (χ1v) is 21.4. The summed E-state index contributed by atoms with van der Waals surface area (Å²) >= 11 is 1.33. The zero-order chi connectivity index (χ0) is 37.7. The number of likely N-dealkylation sites (tertiary alicyclic amines) is 1. The molecule has 0 bridgehead atoms. The van der Waals surface area contributed by atoms with Crippen LogP contribution < -0.4 is 21.3 Å². The van der Waals surface area contributed by atoms with Gasteiger partial charge in [0.15, 0.2) is 0 Å². The third-order valence-corrected chi connectivity index (χ3v) is 13.4. The van der Waals surface area contributed by atoms with Crippen LogP contribution in [-0.2, 0) is 24.0 Å². The average molecular weight is 752 g/mol. The third kappa shape index (κ3) is 10.1. The number of nitrogens with one attached hydrogen (secondary N) is 4. The molecule has 0 aromatic carbocycles. The molecule has 1 aliphatic heterocycles. The molecule has 0 spiro atoms. The van der Waals surface area contributed by atoms with Gasteiger partial charge in [-0.05, 0) is 98.3 Å². The molecule has 6 rings (SSSR count). The first-order valence-electron chi connectivity index (χ1n) is 20.5. The number of ketones is 1. The highest BCUT2D eigenvalue weighted by atomic mass is 32.1. The van der Waals surface area contributed by atoms with E-state index in [4.69, 9.17) is 0 Å². The van der Waals surface area contributed by atoms with Crippen molar-refractivity contribution in [3.05, 3.63) is 22.4 Å². The average Bonchev–Trinajstić information content (AvgIpc) is 4.04. The van der Waals surface area contributed by atoms with Crippen LogP contribution >= 0.6 is 11.3 Å². The summed E-state index contributed by atoms with van der Waals surface area (Å²) in [6, 6.07) is 0.148. The van der Waals surface area contributed by atoms with Gasteiger partial charge >= 0.3 is 0 Å². The van der Waals surface area contributed by atoms with Crippen LogP contribution in [0.3, 0.4) is 0 Å². The van der Waals surface area contributed by atoms with E-state index >= 15 is 4.79 Å². The van der Waals surface area contributed by atoms with Crippen molar-refractivity contribution >= 4 is 46.7 Å². The maximum Gasteiger partial charge on any atom is 0.289 e. The van der Waals surface area contributed by atoms with Crippen LogP contribution in [0.1, 0.15) is 140 Å². The second-order valence-electron chi connectivity index (χ2n) is 17.5. The quantitative estimate of drug-likeness (QED) is 0.169. The molecular formula is C41H61N5O6S. The number of Topliss-reactive ketones (excluding diaryl/α,β-unsaturated/α-hetero) is 1. The number of amides is 5. The highest BCUT2D eigenvalue weighted by molar-refractivity contribution is 7.12. The molecule has 4 N–H and O–H groups in total. The van der Waals surface area contributed by atoms with Crippen molar-refractivity contribution in [1.29, 1.82) is 0 Å². The molecule has 12 heteroatoms.